The first-order valence-corrected chi connectivity index (χ1v) is 10.1. The SMILES string of the molecule is C=CC(=O)NCC1CCN(S(=O)(=O)c2ccc3ncsc3c2)CC1. The van der Waals surface area contributed by atoms with Gasteiger partial charge in [-0.3, -0.25) is 4.79 Å². The number of thiazole rings is 1. The summed E-state index contributed by atoms with van der Waals surface area (Å²) in [5.74, 6) is 0.104. The first-order chi connectivity index (χ1) is 11.5. The van der Waals surface area contributed by atoms with Crippen molar-refractivity contribution in [2.45, 2.75) is 17.7 Å². The maximum atomic E-state index is 12.8. The number of aromatic nitrogens is 1. The van der Waals surface area contributed by atoms with Gasteiger partial charge in [0, 0.05) is 19.6 Å². The number of nitrogens with one attached hydrogen (secondary N) is 1. The van der Waals surface area contributed by atoms with E-state index in [2.05, 4.69) is 16.9 Å². The van der Waals surface area contributed by atoms with Crippen LogP contribution in [0.1, 0.15) is 12.8 Å². The van der Waals surface area contributed by atoms with Gasteiger partial charge >= 0.3 is 0 Å². The molecule has 0 radical (unpaired) electrons. The van der Waals surface area contributed by atoms with Gasteiger partial charge in [-0.25, -0.2) is 13.4 Å². The molecule has 1 aliphatic heterocycles. The lowest BCUT2D eigenvalue weighted by Gasteiger charge is -2.31. The number of hydrogen-bond donors (Lipinski definition) is 1. The number of rotatable bonds is 5. The van der Waals surface area contributed by atoms with Crippen molar-refractivity contribution in [3.05, 3.63) is 36.4 Å². The van der Waals surface area contributed by atoms with Crippen LogP contribution in [0.15, 0.2) is 41.3 Å². The topological polar surface area (TPSA) is 79.4 Å². The minimum Gasteiger partial charge on any atom is -0.352 e. The van der Waals surface area contributed by atoms with Gasteiger partial charge in [0.25, 0.3) is 0 Å². The van der Waals surface area contributed by atoms with Crippen LogP contribution < -0.4 is 5.32 Å². The van der Waals surface area contributed by atoms with Gasteiger partial charge in [0.2, 0.25) is 15.9 Å². The van der Waals surface area contributed by atoms with Gasteiger partial charge in [-0.1, -0.05) is 6.58 Å². The number of benzene rings is 1. The highest BCUT2D eigenvalue weighted by molar-refractivity contribution is 7.89. The second-order valence-corrected chi connectivity index (χ2v) is 8.60. The standard InChI is InChI=1S/C16H19N3O3S2/c1-2-16(20)17-10-12-5-7-19(8-6-12)24(21,22)13-3-4-14-15(9-13)23-11-18-14/h2-4,9,11-12H,1,5-8,10H2,(H,17,20). The Kier molecular flexibility index (Phi) is 4.98. The molecule has 1 fully saturated rings. The Hall–Kier alpha value is -1.77. The number of hydrogen-bond acceptors (Lipinski definition) is 5. The summed E-state index contributed by atoms with van der Waals surface area (Å²) in [6, 6.07) is 5.06. The minimum atomic E-state index is -3.48. The molecule has 0 spiro atoms. The molecule has 6 nitrogen and oxygen atoms in total. The first kappa shape index (κ1) is 17.1. The van der Waals surface area contributed by atoms with Gasteiger partial charge in [-0.2, -0.15) is 4.31 Å². The zero-order chi connectivity index (χ0) is 17.2. The van der Waals surface area contributed by atoms with E-state index in [0.717, 1.165) is 23.1 Å². The molecular formula is C16H19N3O3S2. The van der Waals surface area contributed by atoms with Crippen molar-refractivity contribution in [2.24, 2.45) is 5.92 Å². The van der Waals surface area contributed by atoms with Gasteiger partial charge in [0.05, 0.1) is 20.6 Å². The molecule has 3 rings (SSSR count). The van der Waals surface area contributed by atoms with Crippen molar-refractivity contribution in [2.75, 3.05) is 19.6 Å². The molecule has 2 heterocycles. The van der Waals surface area contributed by atoms with Crippen LogP contribution >= 0.6 is 11.3 Å². The van der Waals surface area contributed by atoms with Gasteiger partial charge in [0.1, 0.15) is 0 Å². The summed E-state index contributed by atoms with van der Waals surface area (Å²) in [6.45, 7) is 4.92. The summed E-state index contributed by atoms with van der Waals surface area (Å²) in [7, 11) is -3.48. The zero-order valence-electron chi connectivity index (χ0n) is 13.1. The van der Waals surface area contributed by atoms with Crippen molar-refractivity contribution >= 4 is 37.5 Å². The number of carbonyl (C=O) groups is 1. The van der Waals surface area contributed by atoms with E-state index in [4.69, 9.17) is 0 Å². The lowest BCUT2D eigenvalue weighted by molar-refractivity contribution is -0.116. The maximum Gasteiger partial charge on any atom is 0.243 e. The Bertz CT molecular complexity index is 852. The fourth-order valence-corrected chi connectivity index (χ4v) is 5.10. The molecule has 8 heteroatoms. The molecule has 1 aliphatic rings. The molecule has 0 aliphatic carbocycles. The highest BCUT2D eigenvalue weighted by atomic mass is 32.2. The summed E-state index contributed by atoms with van der Waals surface area (Å²) in [5, 5.41) is 2.77. The average molecular weight is 365 g/mol. The van der Waals surface area contributed by atoms with Crippen molar-refractivity contribution in [3.63, 3.8) is 0 Å². The lowest BCUT2D eigenvalue weighted by atomic mass is 9.98. The third-order valence-corrected chi connectivity index (χ3v) is 6.95. The van der Waals surface area contributed by atoms with E-state index in [-0.39, 0.29) is 5.91 Å². The van der Waals surface area contributed by atoms with Crippen LogP contribution in [0, 0.1) is 5.92 Å². The Morgan fingerprint density at radius 1 is 1.42 bits per heavy atom. The summed E-state index contributed by atoms with van der Waals surface area (Å²) < 4.78 is 28.0. The molecular weight excluding hydrogens is 346 g/mol. The van der Waals surface area contributed by atoms with E-state index in [1.54, 1.807) is 23.7 Å². The van der Waals surface area contributed by atoms with Crippen LogP contribution in [0.2, 0.25) is 0 Å². The van der Waals surface area contributed by atoms with Crippen molar-refractivity contribution in [1.29, 1.82) is 0 Å². The number of nitrogens with zero attached hydrogens (tertiary/aromatic N) is 2. The quantitative estimate of drug-likeness (QED) is 0.822. The second kappa shape index (κ2) is 7.00. The maximum absolute atomic E-state index is 12.8. The van der Waals surface area contributed by atoms with Crippen molar-refractivity contribution in [3.8, 4) is 0 Å². The third kappa shape index (κ3) is 3.50. The summed E-state index contributed by atoms with van der Waals surface area (Å²) in [5.41, 5.74) is 2.53. The fraction of sp³-hybridized carbons (Fsp3) is 0.375. The summed E-state index contributed by atoms with van der Waals surface area (Å²) in [4.78, 5) is 15.7. The molecule has 1 N–H and O–H groups in total. The normalized spacial score (nSPS) is 17.0. The largest absolute Gasteiger partial charge is 0.352 e. The monoisotopic (exact) mass is 365 g/mol. The van der Waals surface area contributed by atoms with Crippen LogP contribution in [0.5, 0.6) is 0 Å². The highest BCUT2D eigenvalue weighted by Crippen LogP contribution is 2.27. The zero-order valence-corrected chi connectivity index (χ0v) is 14.8. The van der Waals surface area contributed by atoms with E-state index in [0.29, 0.717) is 30.4 Å². The van der Waals surface area contributed by atoms with Crippen molar-refractivity contribution in [1.82, 2.24) is 14.6 Å². The van der Waals surface area contributed by atoms with Crippen LogP contribution in [0.3, 0.4) is 0 Å². The third-order valence-electron chi connectivity index (χ3n) is 4.26. The Labute approximate surface area is 145 Å². The molecule has 1 saturated heterocycles. The van der Waals surface area contributed by atoms with E-state index >= 15 is 0 Å². The molecule has 24 heavy (non-hydrogen) atoms. The molecule has 1 aromatic carbocycles. The molecule has 1 amide bonds. The first-order valence-electron chi connectivity index (χ1n) is 7.74. The number of piperidine rings is 1. The number of amides is 1. The molecule has 2 aromatic rings. The van der Waals surface area contributed by atoms with Crippen LogP contribution in [0.4, 0.5) is 0 Å². The van der Waals surface area contributed by atoms with Gasteiger partial charge < -0.3 is 5.32 Å². The van der Waals surface area contributed by atoms with Crippen LogP contribution in [-0.2, 0) is 14.8 Å². The summed E-state index contributed by atoms with van der Waals surface area (Å²) >= 11 is 1.43. The van der Waals surface area contributed by atoms with Crippen LogP contribution in [-0.4, -0.2) is 43.2 Å². The summed E-state index contributed by atoms with van der Waals surface area (Å²) in [6.07, 6.45) is 2.72. The fourth-order valence-electron chi connectivity index (χ4n) is 2.82. The Balaban J connectivity index is 1.66. The molecule has 128 valence electrons. The second-order valence-electron chi connectivity index (χ2n) is 5.78. The minimum absolute atomic E-state index is 0.192. The molecule has 1 aromatic heterocycles. The van der Waals surface area contributed by atoms with E-state index in [1.165, 1.54) is 21.7 Å². The molecule has 0 atom stereocenters. The van der Waals surface area contributed by atoms with Crippen LogP contribution in [0.25, 0.3) is 10.2 Å². The van der Waals surface area contributed by atoms with Gasteiger partial charge in [-0.05, 0) is 43.0 Å². The predicted molar refractivity (Wildman–Crippen MR) is 94.3 cm³/mol. The smallest absolute Gasteiger partial charge is 0.243 e. The van der Waals surface area contributed by atoms with Gasteiger partial charge in [-0.15, -0.1) is 11.3 Å². The highest BCUT2D eigenvalue weighted by Gasteiger charge is 2.29. The number of carbonyl (C=O) groups excluding carboxylic acids is 1. The average Bonchev–Trinajstić information content (AvgIpc) is 3.07. The number of sulfonamides is 1. The van der Waals surface area contributed by atoms with Crippen molar-refractivity contribution < 1.29 is 13.2 Å². The predicted octanol–water partition coefficient (Wildman–Crippen LogP) is 2.00. The van der Waals surface area contributed by atoms with E-state index in [1.807, 2.05) is 0 Å². The molecule has 0 saturated carbocycles. The van der Waals surface area contributed by atoms with E-state index in [9.17, 15) is 13.2 Å². The molecule has 0 unspecified atom stereocenters. The van der Waals surface area contributed by atoms with E-state index < -0.39 is 10.0 Å². The Morgan fingerprint density at radius 2 is 2.17 bits per heavy atom. The Morgan fingerprint density at radius 3 is 2.88 bits per heavy atom. The number of fused-ring (bicyclic) bond motifs is 1. The lowest BCUT2D eigenvalue weighted by Crippen LogP contribution is -2.41. The van der Waals surface area contributed by atoms with Gasteiger partial charge in [0.15, 0.2) is 0 Å². The molecule has 0 bridgehead atoms.